The second-order valence-corrected chi connectivity index (χ2v) is 4.44. The van der Waals surface area contributed by atoms with E-state index in [1.54, 1.807) is 4.68 Å². The molecule has 0 saturated heterocycles. The van der Waals surface area contributed by atoms with Crippen molar-refractivity contribution in [3.8, 4) is 5.88 Å². The van der Waals surface area contributed by atoms with E-state index in [1.807, 2.05) is 0 Å². The maximum absolute atomic E-state index is 11.6. The summed E-state index contributed by atoms with van der Waals surface area (Å²) in [5, 5.41) is 12.7. The fraction of sp³-hybridized carbons (Fsp3) is 0.727. The fourth-order valence-electron chi connectivity index (χ4n) is 2.45. The minimum atomic E-state index is -0.200. The van der Waals surface area contributed by atoms with Crippen LogP contribution >= 0.6 is 0 Å². The summed E-state index contributed by atoms with van der Waals surface area (Å²) in [6.07, 6.45) is 6.06. The molecular weight excluding hydrogens is 206 g/mol. The molecule has 0 spiro atoms. The summed E-state index contributed by atoms with van der Waals surface area (Å²) in [5.74, 6) is 0.0855. The predicted molar refractivity (Wildman–Crippen MR) is 61.6 cm³/mol. The topological polar surface area (TPSA) is 84.0 Å². The van der Waals surface area contributed by atoms with E-state index in [4.69, 9.17) is 5.73 Å². The zero-order valence-electron chi connectivity index (χ0n) is 9.41. The number of hydrogen-bond acceptors (Lipinski definition) is 3. The van der Waals surface area contributed by atoms with Gasteiger partial charge in [0, 0.05) is 0 Å². The van der Waals surface area contributed by atoms with Crippen molar-refractivity contribution < 1.29 is 5.11 Å². The van der Waals surface area contributed by atoms with Gasteiger partial charge < -0.3 is 10.8 Å². The van der Waals surface area contributed by atoms with Crippen LogP contribution in [0.2, 0.25) is 0 Å². The molecule has 1 aliphatic carbocycles. The highest BCUT2D eigenvalue weighted by Gasteiger charge is 2.21. The summed E-state index contributed by atoms with van der Waals surface area (Å²) in [4.78, 5) is 11.6. The molecule has 1 aliphatic rings. The van der Waals surface area contributed by atoms with Gasteiger partial charge in [0.2, 0.25) is 5.88 Å². The Bertz CT molecular complexity index is 402. The van der Waals surface area contributed by atoms with E-state index >= 15 is 0 Å². The summed E-state index contributed by atoms with van der Waals surface area (Å²) in [5.41, 5.74) is 5.64. The normalized spacial score (nSPS) is 17.8. The van der Waals surface area contributed by atoms with Gasteiger partial charge in [-0.15, -0.1) is 0 Å². The molecule has 1 aromatic rings. The average Bonchev–Trinajstić information content (AvgIpc) is 2.59. The van der Waals surface area contributed by atoms with Gasteiger partial charge in [-0.1, -0.05) is 19.3 Å². The van der Waals surface area contributed by atoms with Crippen LogP contribution in [0.4, 0.5) is 0 Å². The zero-order chi connectivity index (χ0) is 11.5. The number of nitrogens with zero attached hydrogens (tertiary/aromatic N) is 1. The molecule has 1 fully saturated rings. The van der Waals surface area contributed by atoms with Crippen molar-refractivity contribution in [2.45, 2.75) is 44.6 Å². The lowest BCUT2D eigenvalue weighted by atomic mass is 9.96. The number of aromatic amines is 1. The second-order valence-electron chi connectivity index (χ2n) is 4.44. The van der Waals surface area contributed by atoms with Crippen molar-refractivity contribution in [1.29, 1.82) is 0 Å². The van der Waals surface area contributed by atoms with Crippen molar-refractivity contribution in [3.05, 3.63) is 15.9 Å². The second kappa shape index (κ2) is 4.74. The highest BCUT2D eigenvalue weighted by molar-refractivity contribution is 5.23. The molecule has 0 bridgehead atoms. The lowest BCUT2D eigenvalue weighted by Gasteiger charge is -2.23. The third-order valence-electron chi connectivity index (χ3n) is 3.33. The molecule has 1 aromatic heterocycles. The van der Waals surface area contributed by atoms with E-state index in [1.165, 1.54) is 6.42 Å². The number of hydrogen-bond donors (Lipinski definition) is 3. The zero-order valence-corrected chi connectivity index (χ0v) is 9.41. The van der Waals surface area contributed by atoms with Crippen molar-refractivity contribution in [3.63, 3.8) is 0 Å². The number of H-pyrrole nitrogens is 1. The first-order valence-corrected chi connectivity index (χ1v) is 5.96. The van der Waals surface area contributed by atoms with Crippen LogP contribution in [0.3, 0.4) is 0 Å². The van der Waals surface area contributed by atoms with Gasteiger partial charge in [0.05, 0.1) is 11.6 Å². The van der Waals surface area contributed by atoms with Crippen LogP contribution in [0.5, 0.6) is 5.88 Å². The molecule has 1 heterocycles. The molecule has 16 heavy (non-hydrogen) atoms. The molecular formula is C11H19N3O2. The smallest absolute Gasteiger partial charge is 0.271 e. The van der Waals surface area contributed by atoms with Gasteiger partial charge in [0.1, 0.15) is 0 Å². The van der Waals surface area contributed by atoms with E-state index in [2.05, 4.69) is 5.10 Å². The molecule has 1 saturated carbocycles. The molecule has 5 nitrogen and oxygen atoms in total. The minimum absolute atomic E-state index is 0.0855. The Labute approximate surface area is 94.2 Å². The average molecular weight is 225 g/mol. The number of nitrogens with one attached hydrogen (secondary N) is 1. The Kier molecular flexibility index (Phi) is 3.33. The Hall–Kier alpha value is -1.23. The predicted octanol–water partition coefficient (Wildman–Crippen LogP) is 0.888. The maximum Gasteiger partial charge on any atom is 0.271 e. The third-order valence-corrected chi connectivity index (χ3v) is 3.33. The quantitative estimate of drug-likeness (QED) is 0.714. The first-order chi connectivity index (χ1) is 7.74. The van der Waals surface area contributed by atoms with Crippen molar-refractivity contribution in [2.24, 2.45) is 5.73 Å². The Morgan fingerprint density at radius 2 is 2.06 bits per heavy atom. The SMILES string of the molecule is NCCc1c(O)n(C2CCCCC2)[nH]c1=O. The molecule has 0 amide bonds. The fourth-order valence-corrected chi connectivity index (χ4v) is 2.45. The Balaban J connectivity index is 2.27. The first kappa shape index (κ1) is 11.3. The van der Waals surface area contributed by atoms with Crippen LogP contribution < -0.4 is 11.3 Å². The minimum Gasteiger partial charge on any atom is -0.493 e. The van der Waals surface area contributed by atoms with E-state index < -0.39 is 0 Å². The number of aromatic nitrogens is 2. The molecule has 5 heteroatoms. The van der Waals surface area contributed by atoms with Gasteiger partial charge in [-0.05, 0) is 25.8 Å². The lowest BCUT2D eigenvalue weighted by Crippen LogP contribution is -2.16. The van der Waals surface area contributed by atoms with Crippen LogP contribution in [0.15, 0.2) is 4.79 Å². The Morgan fingerprint density at radius 1 is 1.38 bits per heavy atom. The molecule has 2 rings (SSSR count). The van der Waals surface area contributed by atoms with Gasteiger partial charge in [-0.2, -0.15) is 0 Å². The monoisotopic (exact) mass is 225 g/mol. The number of aromatic hydroxyl groups is 1. The summed E-state index contributed by atoms with van der Waals surface area (Å²) in [7, 11) is 0. The largest absolute Gasteiger partial charge is 0.493 e. The van der Waals surface area contributed by atoms with Gasteiger partial charge in [-0.25, -0.2) is 0 Å². The molecule has 0 atom stereocenters. The van der Waals surface area contributed by atoms with E-state index in [-0.39, 0.29) is 17.5 Å². The van der Waals surface area contributed by atoms with Crippen LogP contribution in [0.1, 0.15) is 43.7 Å². The van der Waals surface area contributed by atoms with Crippen LogP contribution in [0, 0.1) is 0 Å². The van der Waals surface area contributed by atoms with Crippen LogP contribution in [0.25, 0.3) is 0 Å². The molecule has 0 aliphatic heterocycles. The molecule has 0 unspecified atom stereocenters. The lowest BCUT2D eigenvalue weighted by molar-refractivity contribution is 0.288. The first-order valence-electron chi connectivity index (χ1n) is 5.96. The highest BCUT2D eigenvalue weighted by atomic mass is 16.3. The highest BCUT2D eigenvalue weighted by Crippen LogP contribution is 2.30. The molecule has 4 N–H and O–H groups in total. The molecule has 90 valence electrons. The van der Waals surface area contributed by atoms with E-state index in [9.17, 15) is 9.90 Å². The van der Waals surface area contributed by atoms with Crippen molar-refractivity contribution in [1.82, 2.24) is 9.78 Å². The third kappa shape index (κ3) is 2.00. The van der Waals surface area contributed by atoms with Gasteiger partial charge in [0.15, 0.2) is 0 Å². The summed E-state index contributed by atoms with van der Waals surface area (Å²) >= 11 is 0. The summed E-state index contributed by atoms with van der Waals surface area (Å²) < 4.78 is 1.63. The standard InChI is InChI=1S/C11H19N3O2/c12-7-6-9-10(15)13-14(11(9)16)8-4-2-1-3-5-8/h8,16H,1-7,12H2,(H,13,15). The summed E-state index contributed by atoms with van der Waals surface area (Å²) in [6.45, 7) is 0.380. The number of rotatable bonds is 3. The van der Waals surface area contributed by atoms with Crippen molar-refractivity contribution in [2.75, 3.05) is 6.54 Å². The number of nitrogens with two attached hydrogens (primary N) is 1. The van der Waals surface area contributed by atoms with Crippen molar-refractivity contribution >= 4 is 0 Å². The molecule has 0 aromatic carbocycles. The van der Waals surface area contributed by atoms with Gasteiger partial charge >= 0.3 is 0 Å². The molecule has 0 radical (unpaired) electrons. The summed E-state index contributed by atoms with van der Waals surface area (Å²) in [6, 6.07) is 0.243. The van der Waals surface area contributed by atoms with Crippen LogP contribution in [-0.2, 0) is 6.42 Å². The van der Waals surface area contributed by atoms with Gasteiger partial charge in [-0.3, -0.25) is 14.6 Å². The van der Waals surface area contributed by atoms with E-state index in [0.717, 1.165) is 25.7 Å². The van der Waals surface area contributed by atoms with Crippen LogP contribution in [-0.4, -0.2) is 21.4 Å². The van der Waals surface area contributed by atoms with E-state index in [0.29, 0.717) is 18.5 Å². The van der Waals surface area contributed by atoms with Gasteiger partial charge in [0.25, 0.3) is 5.56 Å². The Morgan fingerprint density at radius 3 is 2.69 bits per heavy atom. The maximum atomic E-state index is 11.6.